The molecule has 1 saturated heterocycles. The maximum atomic E-state index is 13.7. The molecule has 0 radical (unpaired) electrons. The van der Waals surface area contributed by atoms with Crippen LogP contribution < -0.4 is 0 Å². The summed E-state index contributed by atoms with van der Waals surface area (Å²) in [7, 11) is -4.10. The Kier molecular flexibility index (Phi) is 3.68. The number of rotatable bonds is 3. The Bertz CT molecular complexity index is 875. The zero-order valence-electron chi connectivity index (χ0n) is 12.5. The minimum Gasteiger partial charge on any atom is -0.480 e. The molecular weight excluding hydrogens is 325 g/mol. The van der Waals surface area contributed by atoms with Crippen molar-refractivity contribution < 1.29 is 27.1 Å². The normalized spacial score (nSPS) is 23.2. The van der Waals surface area contributed by atoms with Crippen LogP contribution in [0.25, 0.3) is 11.0 Å². The Balaban J connectivity index is 2.18. The molecule has 3 rings (SSSR count). The van der Waals surface area contributed by atoms with Gasteiger partial charge >= 0.3 is 5.97 Å². The Morgan fingerprint density at radius 3 is 2.78 bits per heavy atom. The van der Waals surface area contributed by atoms with E-state index in [9.17, 15) is 22.7 Å². The number of halogens is 1. The lowest BCUT2D eigenvalue weighted by Crippen LogP contribution is -2.57. The molecule has 1 atom stereocenters. The highest BCUT2D eigenvalue weighted by Gasteiger charge is 2.48. The van der Waals surface area contributed by atoms with Crippen LogP contribution in [0.1, 0.15) is 26.2 Å². The molecule has 1 aromatic carbocycles. The highest BCUT2D eigenvalue weighted by molar-refractivity contribution is 7.89. The van der Waals surface area contributed by atoms with Gasteiger partial charge in [-0.3, -0.25) is 4.79 Å². The number of carboxylic acids is 1. The maximum absolute atomic E-state index is 13.7. The molecule has 8 heteroatoms. The molecule has 0 saturated carbocycles. The smallest absolute Gasteiger partial charge is 0.324 e. The molecule has 1 fully saturated rings. The average Bonchev–Trinajstić information content (AvgIpc) is 2.97. The van der Waals surface area contributed by atoms with Crippen LogP contribution in [-0.4, -0.2) is 35.9 Å². The summed E-state index contributed by atoms with van der Waals surface area (Å²) in [5.74, 6) is -1.85. The molecule has 1 unspecified atom stereocenters. The number of nitrogens with zero attached hydrogens (tertiary/aromatic N) is 1. The average molecular weight is 341 g/mol. The maximum Gasteiger partial charge on any atom is 0.324 e. The number of piperidine rings is 1. The second-order valence-electron chi connectivity index (χ2n) is 5.82. The van der Waals surface area contributed by atoms with Crippen LogP contribution in [0.3, 0.4) is 0 Å². The van der Waals surface area contributed by atoms with E-state index in [1.807, 2.05) is 0 Å². The van der Waals surface area contributed by atoms with Crippen molar-refractivity contribution in [2.45, 2.75) is 36.6 Å². The molecule has 23 heavy (non-hydrogen) atoms. The summed E-state index contributed by atoms with van der Waals surface area (Å²) in [4.78, 5) is 11.5. The fourth-order valence-electron chi connectivity index (χ4n) is 3.04. The molecular formula is C15H16FNO5S. The lowest BCUT2D eigenvalue weighted by molar-refractivity contribution is -0.149. The first-order valence-corrected chi connectivity index (χ1v) is 8.64. The van der Waals surface area contributed by atoms with Crippen molar-refractivity contribution in [3.05, 3.63) is 30.3 Å². The number of furan rings is 1. The molecule has 1 aromatic heterocycles. The summed E-state index contributed by atoms with van der Waals surface area (Å²) in [6.45, 7) is 1.52. The molecule has 0 bridgehead atoms. The largest absolute Gasteiger partial charge is 0.480 e. The van der Waals surface area contributed by atoms with Gasteiger partial charge in [-0.05, 0) is 44.4 Å². The second kappa shape index (κ2) is 5.31. The van der Waals surface area contributed by atoms with E-state index in [0.29, 0.717) is 12.8 Å². The van der Waals surface area contributed by atoms with Gasteiger partial charge in [0.25, 0.3) is 0 Å². The first-order valence-electron chi connectivity index (χ1n) is 7.20. The number of hydrogen-bond acceptors (Lipinski definition) is 4. The first kappa shape index (κ1) is 15.9. The zero-order valence-corrected chi connectivity index (χ0v) is 13.3. The number of fused-ring (bicyclic) bond motifs is 1. The standard InChI is InChI=1S/C15H16FNO5S/c1-15(14(18)19)7-2-3-8-17(15)23(20,21)12-5-4-11(16)13-10(12)6-9-22-13/h4-6,9H,2-3,7-8H2,1H3,(H,18,19). The molecule has 1 aliphatic rings. The van der Waals surface area contributed by atoms with Crippen LogP contribution in [0.15, 0.2) is 33.8 Å². The van der Waals surface area contributed by atoms with Gasteiger partial charge in [0, 0.05) is 11.9 Å². The fourth-order valence-corrected chi connectivity index (χ4v) is 5.03. The topological polar surface area (TPSA) is 87.8 Å². The van der Waals surface area contributed by atoms with Gasteiger partial charge in [-0.15, -0.1) is 0 Å². The highest BCUT2D eigenvalue weighted by Crippen LogP contribution is 2.36. The number of benzene rings is 1. The van der Waals surface area contributed by atoms with E-state index < -0.39 is 27.3 Å². The Morgan fingerprint density at radius 2 is 2.09 bits per heavy atom. The van der Waals surface area contributed by atoms with E-state index >= 15 is 0 Å². The number of carbonyl (C=O) groups is 1. The lowest BCUT2D eigenvalue weighted by atomic mass is 9.91. The van der Waals surface area contributed by atoms with Gasteiger partial charge < -0.3 is 9.52 Å². The molecule has 0 spiro atoms. The summed E-state index contributed by atoms with van der Waals surface area (Å²) in [6.07, 6.45) is 2.66. The summed E-state index contributed by atoms with van der Waals surface area (Å²) in [6, 6.07) is 3.54. The van der Waals surface area contributed by atoms with Crippen molar-refractivity contribution >= 4 is 27.0 Å². The zero-order chi connectivity index (χ0) is 16.8. The Morgan fingerprint density at radius 1 is 1.35 bits per heavy atom. The van der Waals surface area contributed by atoms with Crippen molar-refractivity contribution in [3.8, 4) is 0 Å². The van der Waals surface area contributed by atoms with Gasteiger partial charge in [-0.2, -0.15) is 4.31 Å². The first-order chi connectivity index (χ1) is 10.8. The Hall–Kier alpha value is -1.93. The molecule has 6 nitrogen and oxygen atoms in total. The molecule has 0 amide bonds. The lowest BCUT2D eigenvalue weighted by Gasteiger charge is -2.40. The predicted molar refractivity (Wildman–Crippen MR) is 80.0 cm³/mol. The van der Waals surface area contributed by atoms with Crippen molar-refractivity contribution in [1.82, 2.24) is 4.31 Å². The van der Waals surface area contributed by atoms with Gasteiger partial charge in [0.05, 0.1) is 11.2 Å². The van der Waals surface area contributed by atoms with E-state index in [2.05, 4.69) is 0 Å². The van der Waals surface area contributed by atoms with E-state index in [4.69, 9.17) is 4.42 Å². The third kappa shape index (κ3) is 2.33. The highest BCUT2D eigenvalue weighted by atomic mass is 32.2. The van der Waals surface area contributed by atoms with Crippen molar-refractivity contribution in [1.29, 1.82) is 0 Å². The summed E-state index contributed by atoms with van der Waals surface area (Å²) in [5, 5.41) is 9.63. The van der Waals surface area contributed by atoms with E-state index in [-0.39, 0.29) is 28.8 Å². The minimum absolute atomic E-state index is 0.113. The molecule has 0 aliphatic carbocycles. The fraction of sp³-hybridized carbons (Fsp3) is 0.400. The van der Waals surface area contributed by atoms with Crippen LogP contribution in [0.2, 0.25) is 0 Å². The summed E-state index contributed by atoms with van der Waals surface area (Å²) >= 11 is 0. The van der Waals surface area contributed by atoms with Gasteiger partial charge in [-0.25, -0.2) is 12.8 Å². The molecule has 124 valence electrons. The second-order valence-corrected chi connectivity index (χ2v) is 7.65. The molecule has 1 N–H and O–H groups in total. The molecule has 2 aromatic rings. The molecule has 1 aliphatic heterocycles. The predicted octanol–water partition coefficient (Wildman–Crippen LogP) is 2.59. The van der Waals surface area contributed by atoms with E-state index in [1.165, 1.54) is 19.3 Å². The SMILES string of the molecule is CC1(C(=O)O)CCCCN1S(=O)(=O)c1ccc(F)c2occc12. The number of sulfonamides is 1. The minimum atomic E-state index is -4.10. The summed E-state index contributed by atoms with van der Waals surface area (Å²) < 4.78 is 45.8. The van der Waals surface area contributed by atoms with Crippen LogP contribution in [0.5, 0.6) is 0 Å². The summed E-state index contributed by atoms with van der Waals surface area (Å²) in [5.41, 5.74) is -1.67. The number of carboxylic acid groups (broad SMARTS) is 1. The number of aliphatic carboxylic acids is 1. The van der Waals surface area contributed by atoms with Crippen molar-refractivity contribution in [2.24, 2.45) is 0 Å². The van der Waals surface area contributed by atoms with E-state index in [0.717, 1.165) is 16.4 Å². The van der Waals surface area contributed by atoms with E-state index in [1.54, 1.807) is 0 Å². The quantitative estimate of drug-likeness (QED) is 0.927. The van der Waals surface area contributed by atoms with Crippen molar-refractivity contribution in [2.75, 3.05) is 6.54 Å². The van der Waals surface area contributed by atoms with Crippen LogP contribution in [0, 0.1) is 5.82 Å². The van der Waals surface area contributed by atoms with Crippen LogP contribution in [0.4, 0.5) is 4.39 Å². The van der Waals surface area contributed by atoms with Gasteiger partial charge in [0.15, 0.2) is 11.4 Å². The number of hydrogen-bond donors (Lipinski definition) is 1. The van der Waals surface area contributed by atoms with Gasteiger partial charge in [0.1, 0.15) is 5.54 Å². The molecule has 2 heterocycles. The van der Waals surface area contributed by atoms with Crippen LogP contribution >= 0.6 is 0 Å². The Labute approximate surface area is 132 Å². The monoisotopic (exact) mass is 341 g/mol. The van der Waals surface area contributed by atoms with Crippen LogP contribution in [-0.2, 0) is 14.8 Å². The third-order valence-corrected chi connectivity index (χ3v) is 6.46. The third-order valence-electron chi connectivity index (χ3n) is 4.38. The van der Waals surface area contributed by atoms with Gasteiger partial charge in [-0.1, -0.05) is 0 Å². The van der Waals surface area contributed by atoms with Crippen molar-refractivity contribution in [3.63, 3.8) is 0 Å². The van der Waals surface area contributed by atoms with Gasteiger partial charge in [0.2, 0.25) is 10.0 Å².